The number of nitrogens with zero attached hydrogens (tertiary/aromatic N) is 2. The fraction of sp³-hybridized carbons (Fsp3) is 0. The molecule has 136 valence electrons. The minimum absolute atomic E-state index is 0.0140. The van der Waals surface area contributed by atoms with Crippen molar-refractivity contribution in [1.29, 1.82) is 5.26 Å². The van der Waals surface area contributed by atoms with Crippen LogP contribution in [0.5, 0.6) is 5.75 Å². The first-order valence-corrected chi connectivity index (χ1v) is 8.73. The van der Waals surface area contributed by atoms with Gasteiger partial charge in [0.05, 0.1) is 21.7 Å². The molecule has 0 spiro atoms. The second kappa shape index (κ2) is 6.76. The van der Waals surface area contributed by atoms with Crippen LogP contribution in [0.2, 0.25) is 5.02 Å². The normalized spacial score (nSPS) is 10.7. The average molecular weight is 389 g/mol. The van der Waals surface area contributed by atoms with Crippen molar-refractivity contribution in [2.24, 2.45) is 0 Å². The Labute approximate surface area is 165 Å². The lowest BCUT2D eigenvalue weighted by atomic mass is 10.0. The van der Waals surface area contributed by atoms with Gasteiger partial charge < -0.3 is 14.8 Å². The van der Waals surface area contributed by atoms with E-state index in [-0.39, 0.29) is 16.3 Å². The van der Waals surface area contributed by atoms with Gasteiger partial charge in [-0.25, -0.2) is 4.79 Å². The summed E-state index contributed by atoms with van der Waals surface area (Å²) in [6.07, 6.45) is 1.73. The summed E-state index contributed by atoms with van der Waals surface area (Å²) in [6, 6.07) is 19.4. The van der Waals surface area contributed by atoms with Gasteiger partial charge in [0.25, 0.3) is 0 Å². The van der Waals surface area contributed by atoms with Crippen molar-refractivity contribution in [2.75, 3.05) is 0 Å². The number of fused-ring (bicyclic) bond motifs is 1. The molecule has 0 radical (unpaired) electrons. The molecule has 3 aromatic carbocycles. The highest BCUT2D eigenvalue weighted by Crippen LogP contribution is 2.33. The summed E-state index contributed by atoms with van der Waals surface area (Å²) in [5, 5.41) is 29.3. The molecule has 0 unspecified atom stereocenters. The van der Waals surface area contributed by atoms with Gasteiger partial charge in [-0.15, -0.1) is 0 Å². The molecule has 1 aromatic heterocycles. The Morgan fingerprint density at radius 2 is 1.68 bits per heavy atom. The van der Waals surface area contributed by atoms with Crippen LogP contribution < -0.4 is 0 Å². The molecule has 0 aliphatic rings. The van der Waals surface area contributed by atoms with E-state index in [1.165, 1.54) is 18.2 Å². The van der Waals surface area contributed by atoms with E-state index in [9.17, 15) is 15.2 Å². The average Bonchev–Trinajstić information content (AvgIpc) is 3.08. The van der Waals surface area contributed by atoms with E-state index < -0.39 is 5.97 Å². The molecular weight excluding hydrogens is 376 g/mol. The Kier molecular flexibility index (Phi) is 4.26. The van der Waals surface area contributed by atoms with Crippen LogP contribution in [0.25, 0.3) is 27.7 Å². The number of phenolic OH excluding ortho intramolecular Hbond substituents is 1. The lowest BCUT2D eigenvalue weighted by Gasteiger charge is -2.08. The number of halogens is 1. The van der Waals surface area contributed by atoms with Gasteiger partial charge in [-0.05, 0) is 59.7 Å². The molecule has 4 rings (SSSR count). The first-order valence-electron chi connectivity index (χ1n) is 8.36. The van der Waals surface area contributed by atoms with Gasteiger partial charge >= 0.3 is 5.97 Å². The van der Waals surface area contributed by atoms with Gasteiger partial charge in [-0.2, -0.15) is 5.26 Å². The fourth-order valence-corrected chi connectivity index (χ4v) is 3.34. The number of aromatic hydroxyl groups is 1. The first kappa shape index (κ1) is 17.7. The van der Waals surface area contributed by atoms with Crippen LogP contribution in [0.3, 0.4) is 0 Å². The highest BCUT2D eigenvalue weighted by atomic mass is 35.5. The summed E-state index contributed by atoms with van der Waals surface area (Å²) in [7, 11) is 0. The number of benzene rings is 3. The van der Waals surface area contributed by atoms with Gasteiger partial charge in [0.2, 0.25) is 0 Å². The largest absolute Gasteiger partial charge is 0.506 e. The van der Waals surface area contributed by atoms with Crippen molar-refractivity contribution in [1.82, 2.24) is 4.57 Å². The number of rotatable bonds is 3. The molecule has 0 fully saturated rings. The predicted molar refractivity (Wildman–Crippen MR) is 107 cm³/mol. The lowest BCUT2D eigenvalue weighted by molar-refractivity contribution is 0.0697. The molecule has 6 heteroatoms. The van der Waals surface area contributed by atoms with Crippen molar-refractivity contribution in [3.63, 3.8) is 0 Å². The van der Waals surface area contributed by atoms with E-state index in [1.54, 1.807) is 30.5 Å². The standard InChI is InChI=1S/C22H13ClN2O3/c23-19-10-15(4-8-21(19)26)14-3-7-20-18(9-14)16(11-24)12-25(20)17-5-1-13(2-6-17)22(27)28/h1-10,12,26H,(H,27,28). The second-order valence-corrected chi connectivity index (χ2v) is 6.68. The zero-order valence-corrected chi connectivity index (χ0v) is 15.2. The Morgan fingerprint density at radius 3 is 2.32 bits per heavy atom. The van der Waals surface area contributed by atoms with Gasteiger partial charge in [-0.3, -0.25) is 0 Å². The highest BCUT2D eigenvalue weighted by Gasteiger charge is 2.12. The monoisotopic (exact) mass is 388 g/mol. The molecule has 0 bridgehead atoms. The van der Waals surface area contributed by atoms with Crippen molar-refractivity contribution < 1.29 is 15.0 Å². The molecule has 1 heterocycles. The molecule has 0 amide bonds. The van der Waals surface area contributed by atoms with Crippen LogP contribution >= 0.6 is 11.6 Å². The predicted octanol–water partition coefficient (Wildman–Crippen LogP) is 5.23. The van der Waals surface area contributed by atoms with Crippen LogP contribution in [-0.2, 0) is 0 Å². The Hall–Kier alpha value is -3.75. The molecular formula is C22H13ClN2O3. The summed E-state index contributed by atoms with van der Waals surface area (Å²) in [6.45, 7) is 0. The Balaban J connectivity index is 1.85. The Morgan fingerprint density at radius 1 is 1.00 bits per heavy atom. The smallest absolute Gasteiger partial charge is 0.335 e. The molecule has 0 atom stereocenters. The minimum atomic E-state index is -0.987. The quantitative estimate of drug-likeness (QED) is 0.503. The number of aromatic carboxylic acids is 1. The van der Waals surface area contributed by atoms with Crippen LogP contribution in [-0.4, -0.2) is 20.7 Å². The molecule has 28 heavy (non-hydrogen) atoms. The number of carbonyl (C=O) groups is 1. The van der Waals surface area contributed by atoms with Crippen LogP contribution in [0.15, 0.2) is 66.9 Å². The maximum Gasteiger partial charge on any atom is 0.335 e. The summed E-state index contributed by atoms with van der Waals surface area (Å²) >= 11 is 6.01. The molecule has 0 aliphatic heterocycles. The van der Waals surface area contributed by atoms with Crippen LogP contribution in [0.1, 0.15) is 15.9 Å². The third kappa shape index (κ3) is 2.96. The first-order chi connectivity index (χ1) is 13.5. The molecule has 0 saturated heterocycles. The van der Waals surface area contributed by atoms with Crippen LogP contribution in [0.4, 0.5) is 0 Å². The number of hydrogen-bond acceptors (Lipinski definition) is 3. The summed E-state index contributed by atoms with van der Waals surface area (Å²) in [5.74, 6) is -0.973. The number of phenols is 1. The van der Waals surface area contributed by atoms with Crippen molar-refractivity contribution in [3.8, 4) is 28.6 Å². The number of nitriles is 1. The molecule has 5 nitrogen and oxygen atoms in total. The van der Waals surface area contributed by atoms with E-state index in [0.29, 0.717) is 5.56 Å². The maximum atomic E-state index is 11.1. The zero-order chi connectivity index (χ0) is 19.8. The lowest BCUT2D eigenvalue weighted by Crippen LogP contribution is -1.97. The minimum Gasteiger partial charge on any atom is -0.506 e. The van der Waals surface area contributed by atoms with Crippen LogP contribution in [0, 0.1) is 11.3 Å². The van der Waals surface area contributed by atoms with E-state index in [0.717, 1.165) is 27.7 Å². The molecule has 0 aliphatic carbocycles. The maximum absolute atomic E-state index is 11.1. The van der Waals surface area contributed by atoms with Crippen molar-refractivity contribution >= 4 is 28.5 Å². The Bertz CT molecular complexity index is 1270. The summed E-state index contributed by atoms with van der Waals surface area (Å²) < 4.78 is 1.85. The number of carboxylic acid groups (broad SMARTS) is 1. The summed E-state index contributed by atoms with van der Waals surface area (Å²) in [5.41, 5.74) is 3.98. The zero-order valence-electron chi connectivity index (χ0n) is 14.4. The van der Waals surface area contributed by atoms with E-state index in [2.05, 4.69) is 6.07 Å². The second-order valence-electron chi connectivity index (χ2n) is 6.27. The SMILES string of the molecule is N#Cc1cn(-c2ccc(C(=O)O)cc2)c2ccc(-c3ccc(O)c(Cl)c3)cc12. The number of aromatic nitrogens is 1. The van der Waals surface area contributed by atoms with Crippen molar-refractivity contribution in [3.05, 3.63) is 83.0 Å². The van der Waals surface area contributed by atoms with Gasteiger partial charge in [0.15, 0.2) is 0 Å². The van der Waals surface area contributed by atoms with E-state index >= 15 is 0 Å². The van der Waals surface area contributed by atoms with Crippen molar-refractivity contribution in [2.45, 2.75) is 0 Å². The molecule has 2 N–H and O–H groups in total. The highest BCUT2D eigenvalue weighted by molar-refractivity contribution is 6.32. The topological polar surface area (TPSA) is 86.2 Å². The van der Waals surface area contributed by atoms with E-state index in [4.69, 9.17) is 16.7 Å². The third-order valence-corrected chi connectivity index (χ3v) is 4.90. The molecule has 0 saturated carbocycles. The van der Waals surface area contributed by atoms with Gasteiger partial charge in [0, 0.05) is 17.3 Å². The summed E-state index contributed by atoms with van der Waals surface area (Å²) in [4.78, 5) is 11.1. The van der Waals surface area contributed by atoms with Gasteiger partial charge in [-0.1, -0.05) is 23.7 Å². The van der Waals surface area contributed by atoms with Gasteiger partial charge in [0.1, 0.15) is 11.8 Å². The fourth-order valence-electron chi connectivity index (χ4n) is 3.16. The molecule has 4 aromatic rings. The number of carboxylic acids is 1. The third-order valence-electron chi connectivity index (χ3n) is 4.60. The van der Waals surface area contributed by atoms with E-state index in [1.807, 2.05) is 22.8 Å². The number of hydrogen-bond donors (Lipinski definition) is 2.